The molecule has 6 nitrogen and oxygen atoms in total. The van der Waals surface area contributed by atoms with Crippen molar-refractivity contribution < 1.29 is 9.15 Å². The van der Waals surface area contributed by atoms with Gasteiger partial charge >= 0.3 is 0 Å². The second-order valence-corrected chi connectivity index (χ2v) is 6.81. The van der Waals surface area contributed by atoms with Crippen LogP contribution in [0.2, 0.25) is 0 Å². The number of hydrogen-bond donors (Lipinski definition) is 0. The summed E-state index contributed by atoms with van der Waals surface area (Å²) < 4.78 is 13.4. The molecule has 1 saturated heterocycles. The van der Waals surface area contributed by atoms with Crippen molar-refractivity contribution in [3.05, 3.63) is 47.2 Å². The maximum absolute atomic E-state index is 5.84. The molecule has 24 heavy (non-hydrogen) atoms. The Balaban J connectivity index is 1.51. The SMILES string of the molecule is Cc1oc(-c2cccs2)nc1Cn1ccnc1CN1CCOCC1. The fourth-order valence-corrected chi connectivity index (χ4v) is 3.49. The highest BCUT2D eigenvalue weighted by molar-refractivity contribution is 7.13. The molecule has 3 aromatic rings. The topological polar surface area (TPSA) is 56.3 Å². The molecule has 0 aromatic carbocycles. The van der Waals surface area contributed by atoms with Crippen molar-refractivity contribution in [1.82, 2.24) is 19.4 Å². The average molecular weight is 344 g/mol. The maximum atomic E-state index is 5.84. The van der Waals surface area contributed by atoms with Crippen molar-refractivity contribution in [2.75, 3.05) is 26.3 Å². The first-order chi connectivity index (χ1) is 11.8. The van der Waals surface area contributed by atoms with E-state index in [1.165, 1.54) is 0 Å². The van der Waals surface area contributed by atoms with E-state index in [1.54, 1.807) is 11.3 Å². The predicted molar refractivity (Wildman–Crippen MR) is 92.0 cm³/mol. The van der Waals surface area contributed by atoms with Crippen LogP contribution in [-0.4, -0.2) is 45.7 Å². The fraction of sp³-hybridized carbons (Fsp3) is 0.412. The highest BCUT2D eigenvalue weighted by Crippen LogP contribution is 2.26. The molecule has 0 aliphatic carbocycles. The summed E-state index contributed by atoms with van der Waals surface area (Å²) in [4.78, 5) is 12.6. The van der Waals surface area contributed by atoms with Gasteiger partial charge in [-0.15, -0.1) is 11.3 Å². The minimum Gasteiger partial charge on any atom is -0.440 e. The number of thiophene rings is 1. The van der Waals surface area contributed by atoms with Crippen LogP contribution in [0.25, 0.3) is 10.8 Å². The zero-order valence-corrected chi connectivity index (χ0v) is 14.5. The van der Waals surface area contributed by atoms with Gasteiger partial charge < -0.3 is 13.7 Å². The van der Waals surface area contributed by atoms with Crippen LogP contribution in [0.5, 0.6) is 0 Å². The minimum atomic E-state index is 0.681. The minimum absolute atomic E-state index is 0.681. The molecule has 0 bridgehead atoms. The molecule has 1 aliphatic rings. The largest absolute Gasteiger partial charge is 0.440 e. The molecule has 0 amide bonds. The van der Waals surface area contributed by atoms with Crippen LogP contribution >= 0.6 is 11.3 Å². The lowest BCUT2D eigenvalue weighted by molar-refractivity contribution is 0.0326. The lowest BCUT2D eigenvalue weighted by atomic mass is 10.3. The standard InChI is InChI=1S/C17H20N4O2S/c1-13-14(19-17(23-13)15-3-2-10-24-15)11-21-5-4-18-16(21)12-20-6-8-22-9-7-20/h2-5,10H,6-9,11-12H2,1H3. The number of rotatable bonds is 5. The van der Waals surface area contributed by atoms with Crippen molar-refractivity contribution in [3.63, 3.8) is 0 Å². The summed E-state index contributed by atoms with van der Waals surface area (Å²) in [7, 11) is 0. The Morgan fingerprint density at radius 3 is 2.92 bits per heavy atom. The molecule has 7 heteroatoms. The molecular formula is C17H20N4O2S. The van der Waals surface area contributed by atoms with Crippen molar-refractivity contribution in [2.24, 2.45) is 0 Å². The number of aromatic nitrogens is 3. The third kappa shape index (κ3) is 3.28. The number of aryl methyl sites for hydroxylation is 1. The van der Waals surface area contributed by atoms with Gasteiger partial charge in [-0.2, -0.15) is 0 Å². The quantitative estimate of drug-likeness (QED) is 0.712. The Labute approximate surface area is 144 Å². The van der Waals surface area contributed by atoms with Crippen LogP contribution in [0.15, 0.2) is 34.3 Å². The van der Waals surface area contributed by atoms with E-state index in [1.807, 2.05) is 36.8 Å². The summed E-state index contributed by atoms with van der Waals surface area (Å²) in [5, 5.41) is 2.03. The van der Waals surface area contributed by atoms with E-state index in [0.29, 0.717) is 12.4 Å². The van der Waals surface area contributed by atoms with E-state index in [0.717, 1.165) is 55.0 Å². The Morgan fingerprint density at radius 1 is 1.25 bits per heavy atom. The number of ether oxygens (including phenoxy) is 1. The summed E-state index contributed by atoms with van der Waals surface area (Å²) in [5.41, 5.74) is 0.958. The van der Waals surface area contributed by atoms with E-state index in [-0.39, 0.29) is 0 Å². The first kappa shape index (κ1) is 15.6. The predicted octanol–water partition coefficient (Wildman–Crippen LogP) is 2.79. The van der Waals surface area contributed by atoms with Crippen LogP contribution in [0.4, 0.5) is 0 Å². The normalized spacial score (nSPS) is 15.9. The fourth-order valence-electron chi connectivity index (χ4n) is 2.84. The van der Waals surface area contributed by atoms with Crippen molar-refractivity contribution >= 4 is 11.3 Å². The van der Waals surface area contributed by atoms with Gasteiger partial charge in [0.1, 0.15) is 17.3 Å². The zero-order valence-electron chi connectivity index (χ0n) is 13.6. The molecule has 0 saturated carbocycles. The molecule has 0 N–H and O–H groups in total. The van der Waals surface area contributed by atoms with E-state index >= 15 is 0 Å². The van der Waals surface area contributed by atoms with Gasteiger partial charge in [0.25, 0.3) is 0 Å². The third-order valence-electron chi connectivity index (χ3n) is 4.22. The van der Waals surface area contributed by atoms with Gasteiger partial charge in [-0.1, -0.05) is 6.07 Å². The van der Waals surface area contributed by atoms with E-state index in [4.69, 9.17) is 9.15 Å². The van der Waals surface area contributed by atoms with Crippen LogP contribution in [0, 0.1) is 6.92 Å². The van der Waals surface area contributed by atoms with Gasteiger partial charge in [-0.3, -0.25) is 4.90 Å². The second kappa shape index (κ2) is 6.88. The molecule has 3 aromatic heterocycles. The lowest BCUT2D eigenvalue weighted by Gasteiger charge is -2.26. The molecular weight excluding hydrogens is 324 g/mol. The highest BCUT2D eigenvalue weighted by Gasteiger charge is 2.16. The Morgan fingerprint density at radius 2 is 2.12 bits per heavy atom. The molecule has 0 atom stereocenters. The van der Waals surface area contributed by atoms with E-state index in [2.05, 4.69) is 19.4 Å². The Hall–Kier alpha value is -1.96. The highest BCUT2D eigenvalue weighted by atomic mass is 32.1. The van der Waals surface area contributed by atoms with Gasteiger partial charge in [0, 0.05) is 25.5 Å². The van der Waals surface area contributed by atoms with Crippen LogP contribution in [0.1, 0.15) is 17.3 Å². The Bertz CT molecular complexity index is 787. The molecule has 4 heterocycles. The molecule has 0 spiro atoms. The van der Waals surface area contributed by atoms with E-state index in [9.17, 15) is 0 Å². The summed E-state index contributed by atoms with van der Waals surface area (Å²) in [6, 6.07) is 4.04. The summed E-state index contributed by atoms with van der Waals surface area (Å²) in [6.45, 7) is 7.00. The average Bonchev–Trinajstić information content (AvgIpc) is 3.32. The van der Waals surface area contributed by atoms with Gasteiger partial charge in [0.2, 0.25) is 5.89 Å². The van der Waals surface area contributed by atoms with Crippen LogP contribution in [-0.2, 0) is 17.8 Å². The third-order valence-corrected chi connectivity index (χ3v) is 5.07. The molecule has 126 valence electrons. The van der Waals surface area contributed by atoms with Crippen LogP contribution < -0.4 is 0 Å². The summed E-state index contributed by atoms with van der Waals surface area (Å²) >= 11 is 1.64. The van der Waals surface area contributed by atoms with Gasteiger partial charge in [-0.25, -0.2) is 9.97 Å². The van der Waals surface area contributed by atoms with Crippen molar-refractivity contribution in [2.45, 2.75) is 20.0 Å². The molecule has 0 radical (unpaired) electrons. The number of nitrogens with zero attached hydrogens (tertiary/aromatic N) is 4. The maximum Gasteiger partial charge on any atom is 0.236 e. The number of hydrogen-bond acceptors (Lipinski definition) is 6. The molecule has 0 unspecified atom stereocenters. The van der Waals surface area contributed by atoms with Crippen molar-refractivity contribution in [1.29, 1.82) is 0 Å². The lowest BCUT2D eigenvalue weighted by Crippen LogP contribution is -2.36. The van der Waals surface area contributed by atoms with E-state index < -0.39 is 0 Å². The molecule has 1 aliphatic heterocycles. The Kier molecular flexibility index (Phi) is 4.46. The number of imidazole rings is 1. The monoisotopic (exact) mass is 344 g/mol. The summed E-state index contributed by atoms with van der Waals surface area (Å²) in [6.07, 6.45) is 3.86. The summed E-state index contributed by atoms with van der Waals surface area (Å²) in [5.74, 6) is 2.62. The molecule has 4 rings (SSSR count). The van der Waals surface area contributed by atoms with Gasteiger partial charge in [0.05, 0.1) is 31.2 Å². The zero-order chi connectivity index (χ0) is 16.4. The van der Waals surface area contributed by atoms with Gasteiger partial charge in [-0.05, 0) is 18.4 Å². The van der Waals surface area contributed by atoms with Crippen molar-refractivity contribution in [3.8, 4) is 10.8 Å². The number of morpholine rings is 1. The first-order valence-electron chi connectivity index (χ1n) is 8.10. The van der Waals surface area contributed by atoms with Crippen LogP contribution in [0.3, 0.4) is 0 Å². The first-order valence-corrected chi connectivity index (χ1v) is 8.98. The smallest absolute Gasteiger partial charge is 0.236 e. The van der Waals surface area contributed by atoms with Gasteiger partial charge in [0.15, 0.2) is 0 Å². The number of oxazole rings is 1. The molecule has 1 fully saturated rings. The second-order valence-electron chi connectivity index (χ2n) is 5.86.